The fraction of sp³-hybridized carbons (Fsp3) is 0.294. The minimum Gasteiger partial charge on any atom is -0.504 e. The smallest absolute Gasteiger partial charge is 0.157 e. The monoisotopic (exact) mass is 334 g/mol. The fourth-order valence-electron chi connectivity index (χ4n) is 3.00. The highest BCUT2D eigenvalue weighted by Gasteiger charge is 2.42. The number of aliphatic hydroxyl groups excluding tert-OH is 2. The van der Waals surface area contributed by atoms with E-state index >= 15 is 0 Å². The van der Waals surface area contributed by atoms with Gasteiger partial charge < -0.3 is 35.4 Å². The first-order valence-corrected chi connectivity index (χ1v) is 7.40. The van der Waals surface area contributed by atoms with E-state index in [1.807, 2.05) is 0 Å². The van der Waals surface area contributed by atoms with Crippen molar-refractivity contribution in [3.63, 3.8) is 0 Å². The third-order valence-electron chi connectivity index (χ3n) is 4.26. The van der Waals surface area contributed by atoms with Gasteiger partial charge in [-0.2, -0.15) is 0 Å². The predicted octanol–water partition coefficient (Wildman–Crippen LogP) is 1.09. The van der Waals surface area contributed by atoms with E-state index < -0.39 is 24.2 Å². The average molecular weight is 334 g/mol. The molecule has 1 aliphatic heterocycles. The first kappa shape index (κ1) is 16.4. The number of phenols is 4. The Morgan fingerprint density at radius 2 is 1.50 bits per heavy atom. The molecule has 0 aromatic heterocycles. The molecule has 1 heterocycles. The van der Waals surface area contributed by atoms with Crippen LogP contribution in [0.25, 0.3) is 0 Å². The summed E-state index contributed by atoms with van der Waals surface area (Å²) >= 11 is 0. The van der Waals surface area contributed by atoms with Gasteiger partial charge in [0.25, 0.3) is 0 Å². The van der Waals surface area contributed by atoms with Crippen molar-refractivity contribution in [3.8, 4) is 23.0 Å². The summed E-state index contributed by atoms with van der Waals surface area (Å²) in [5.74, 6) is -1.93. The zero-order chi connectivity index (χ0) is 17.4. The summed E-state index contributed by atoms with van der Waals surface area (Å²) in [6, 6.07) is 8.06. The molecule has 2 aromatic carbocycles. The maximum absolute atomic E-state index is 10.6. The number of hydrogen-bond donors (Lipinski definition) is 6. The molecule has 2 aromatic rings. The van der Waals surface area contributed by atoms with E-state index in [1.54, 1.807) is 0 Å². The maximum Gasteiger partial charge on any atom is 0.157 e. The number of aliphatic hydroxyl groups is 2. The molecule has 1 aliphatic rings. The molecular formula is C17H18O7. The number of aromatic hydroxyl groups is 4. The van der Waals surface area contributed by atoms with E-state index in [9.17, 15) is 30.6 Å². The molecule has 0 saturated carbocycles. The van der Waals surface area contributed by atoms with E-state index in [1.165, 1.54) is 36.4 Å². The molecule has 0 spiro atoms. The van der Waals surface area contributed by atoms with Crippen LogP contribution >= 0.6 is 0 Å². The highest BCUT2D eigenvalue weighted by molar-refractivity contribution is 5.44. The lowest BCUT2D eigenvalue weighted by atomic mass is 9.86. The highest BCUT2D eigenvalue weighted by atomic mass is 16.5. The molecule has 1 fully saturated rings. The Bertz CT molecular complexity index is 746. The average Bonchev–Trinajstić information content (AvgIpc) is 2.93. The second-order valence-electron chi connectivity index (χ2n) is 5.83. The number of ether oxygens (including phenoxy) is 1. The molecule has 1 saturated heterocycles. The van der Waals surface area contributed by atoms with Gasteiger partial charge in [-0.05, 0) is 35.4 Å². The molecule has 0 radical (unpaired) electrons. The van der Waals surface area contributed by atoms with Gasteiger partial charge >= 0.3 is 0 Å². The van der Waals surface area contributed by atoms with Crippen molar-refractivity contribution in [2.45, 2.75) is 24.2 Å². The number of hydrogen-bond acceptors (Lipinski definition) is 7. The van der Waals surface area contributed by atoms with Crippen LogP contribution in [0, 0.1) is 0 Å². The Balaban J connectivity index is 1.93. The lowest BCUT2D eigenvalue weighted by molar-refractivity contribution is -0.0101. The minimum absolute atomic E-state index is 0.00189. The van der Waals surface area contributed by atoms with Gasteiger partial charge in [-0.3, -0.25) is 0 Å². The van der Waals surface area contributed by atoms with Gasteiger partial charge in [-0.25, -0.2) is 0 Å². The summed E-state index contributed by atoms with van der Waals surface area (Å²) in [5.41, 5.74) is 0.819. The molecule has 3 rings (SSSR count). The largest absolute Gasteiger partial charge is 0.504 e. The third kappa shape index (κ3) is 2.84. The lowest BCUT2D eigenvalue weighted by Crippen LogP contribution is -2.27. The quantitative estimate of drug-likeness (QED) is 0.463. The molecule has 7 nitrogen and oxygen atoms in total. The van der Waals surface area contributed by atoms with Crippen LogP contribution in [0.1, 0.15) is 23.1 Å². The Labute approximate surface area is 137 Å². The Morgan fingerprint density at radius 3 is 2.12 bits per heavy atom. The van der Waals surface area contributed by atoms with Gasteiger partial charge in [0.15, 0.2) is 23.0 Å². The van der Waals surface area contributed by atoms with Crippen LogP contribution in [0.4, 0.5) is 0 Å². The molecule has 0 bridgehead atoms. The number of benzene rings is 2. The van der Waals surface area contributed by atoms with E-state index in [0.29, 0.717) is 11.1 Å². The summed E-state index contributed by atoms with van der Waals surface area (Å²) < 4.78 is 5.50. The van der Waals surface area contributed by atoms with Crippen LogP contribution in [-0.2, 0) is 4.74 Å². The SMILES string of the molecule is Oc1ccc(C(O)C2OCC(O)C2c2ccc(O)c(O)c2)cc1O. The van der Waals surface area contributed by atoms with Crippen LogP contribution in [0.15, 0.2) is 36.4 Å². The van der Waals surface area contributed by atoms with Gasteiger partial charge in [0.05, 0.1) is 18.8 Å². The van der Waals surface area contributed by atoms with Gasteiger partial charge in [-0.1, -0.05) is 12.1 Å². The van der Waals surface area contributed by atoms with Crippen LogP contribution in [0.2, 0.25) is 0 Å². The zero-order valence-corrected chi connectivity index (χ0v) is 12.6. The van der Waals surface area contributed by atoms with Crippen molar-refractivity contribution in [3.05, 3.63) is 47.5 Å². The second-order valence-corrected chi connectivity index (χ2v) is 5.83. The van der Waals surface area contributed by atoms with Gasteiger partial charge in [0.2, 0.25) is 0 Å². The second kappa shape index (κ2) is 6.20. The van der Waals surface area contributed by atoms with Crippen molar-refractivity contribution in [2.75, 3.05) is 6.61 Å². The topological polar surface area (TPSA) is 131 Å². The van der Waals surface area contributed by atoms with Crippen molar-refractivity contribution in [1.29, 1.82) is 0 Å². The Hall–Kier alpha value is -2.48. The van der Waals surface area contributed by atoms with Crippen molar-refractivity contribution in [1.82, 2.24) is 0 Å². The van der Waals surface area contributed by atoms with Gasteiger partial charge in [-0.15, -0.1) is 0 Å². The summed E-state index contributed by atoms with van der Waals surface area (Å²) in [4.78, 5) is 0. The summed E-state index contributed by atoms with van der Waals surface area (Å²) in [6.07, 6.45) is -2.90. The first-order chi connectivity index (χ1) is 11.4. The summed E-state index contributed by atoms with van der Waals surface area (Å²) in [6.45, 7) is -0.00189. The standard InChI is InChI=1S/C17H18O7/c18-10-3-1-8(5-12(10)20)15-14(22)7-24-17(15)16(23)9-2-4-11(19)13(21)6-9/h1-6,14-23H,7H2. The van der Waals surface area contributed by atoms with Crippen molar-refractivity contribution < 1.29 is 35.4 Å². The molecule has 4 unspecified atom stereocenters. The van der Waals surface area contributed by atoms with Crippen LogP contribution in [-0.4, -0.2) is 49.5 Å². The Morgan fingerprint density at radius 1 is 0.875 bits per heavy atom. The van der Waals surface area contributed by atoms with E-state index in [2.05, 4.69) is 0 Å². The summed E-state index contributed by atoms with van der Waals surface area (Å²) in [5, 5.41) is 58.8. The van der Waals surface area contributed by atoms with Gasteiger partial charge in [0, 0.05) is 5.92 Å². The van der Waals surface area contributed by atoms with E-state index in [0.717, 1.165) is 0 Å². The predicted molar refractivity (Wildman–Crippen MR) is 83.0 cm³/mol. The normalized spacial score (nSPS) is 24.8. The third-order valence-corrected chi connectivity index (χ3v) is 4.26. The maximum atomic E-state index is 10.6. The van der Waals surface area contributed by atoms with E-state index in [4.69, 9.17) is 4.74 Å². The first-order valence-electron chi connectivity index (χ1n) is 7.40. The minimum atomic E-state index is -1.17. The van der Waals surface area contributed by atoms with Gasteiger partial charge in [0.1, 0.15) is 6.10 Å². The van der Waals surface area contributed by atoms with Crippen LogP contribution in [0.5, 0.6) is 23.0 Å². The number of rotatable bonds is 3. The fourth-order valence-corrected chi connectivity index (χ4v) is 3.00. The Kier molecular flexibility index (Phi) is 4.23. The molecule has 7 heteroatoms. The zero-order valence-electron chi connectivity index (χ0n) is 12.6. The molecule has 128 valence electrons. The number of phenolic OH excluding ortho intramolecular Hbond substituents is 4. The molecular weight excluding hydrogens is 316 g/mol. The molecule has 0 aliphatic carbocycles. The molecule has 0 amide bonds. The van der Waals surface area contributed by atoms with Crippen LogP contribution < -0.4 is 0 Å². The van der Waals surface area contributed by atoms with E-state index in [-0.39, 0.29) is 29.6 Å². The molecule has 4 atom stereocenters. The summed E-state index contributed by atoms with van der Waals surface area (Å²) in [7, 11) is 0. The molecule has 24 heavy (non-hydrogen) atoms. The highest BCUT2D eigenvalue weighted by Crippen LogP contribution is 2.41. The van der Waals surface area contributed by atoms with Crippen molar-refractivity contribution >= 4 is 0 Å². The van der Waals surface area contributed by atoms with Crippen molar-refractivity contribution in [2.24, 2.45) is 0 Å². The van der Waals surface area contributed by atoms with Crippen LogP contribution in [0.3, 0.4) is 0 Å². The molecule has 6 N–H and O–H groups in total. The lowest BCUT2D eigenvalue weighted by Gasteiger charge is -2.26.